The molecule has 2 heterocycles. The fraction of sp³-hybridized carbons (Fsp3) is 0.100. The topological polar surface area (TPSA) is 127 Å². The lowest BCUT2D eigenvalue weighted by Crippen LogP contribution is -2.22. The van der Waals surface area contributed by atoms with Crippen LogP contribution in [-0.4, -0.2) is 32.2 Å². The van der Waals surface area contributed by atoms with Gasteiger partial charge < -0.3 is 20.5 Å². The molecule has 8 nitrogen and oxygen atoms in total. The zero-order chi connectivity index (χ0) is 20.4. The summed E-state index contributed by atoms with van der Waals surface area (Å²) in [5, 5.41) is 11.7. The van der Waals surface area contributed by atoms with Crippen LogP contribution in [0.4, 0.5) is 5.69 Å². The summed E-state index contributed by atoms with van der Waals surface area (Å²) in [6.45, 7) is 1.74. The molecule has 29 heavy (non-hydrogen) atoms. The highest BCUT2D eigenvalue weighted by Crippen LogP contribution is 2.30. The van der Waals surface area contributed by atoms with Crippen molar-refractivity contribution in [1.82, 2.24) is 15.2 Å². The molecule has 2 aromatic carbocycles. The first-order valence-corrected chi connectivity index (χ1v) is 9.66. The molecule has 0 aliphatic heterocycles. The van der Waals surface area contributed by atoms with Crippen LogP contribution in [0.25, 0.3) is 22.4 Å². The van der Waals surface area contributed by atoms with Crippen LogP contribution >= 0.6 is 11.8 Å². The minimum Gasteiger partial charge on any atom is -0.411 e. The molecule has 0 saturated carbocycles. The van der Waals surface area contributed by atoms with Crippen LogP contribution in [0.15, 0.2) is 64.4 Å². The van der Waals surface area contributed by atoms with Gasteiger partial charge in [-0.3, -0.25) is 9.59 Å². The van der Waals surface area contributed by atoms with Crippen LogP contribution in [0.5, 0.6) is 0 Å². The minimum absolute atomic E-state index is 0.228. The van der Waals surface area contributed by atoms with Crippen molar-refractivity contribution in [3.63, 3.8) is 0 Å². The normalized spacial score (nSPS) is 12.0. The highest BCUT2D eigenvalue weighted by molar-refractivity contribution is 8.00. The number of fused-ring (bicyclic) bond motifs is 1. The number of primary amides is 1. The second-order valence-electron chi connectivity index (χ2n) is 6.31. The van der Waals surface area contributed by atoms with E-state index in [-0.39, 0.29) is 5.91 Å². The molecule has 0 fully saturated rings. The van der Waals surface area contributed by atoms with Gasteiger partial charge >= 0.3 is 0 Å². The maximum atomic E-state index is 12.4. The van der Waals surface area contributed by atoms with Gasteiger partial charge in [0.25, 0.3) is 11.1 Å². The maximum Gasteiger partial charge on any atom is 0.277 e. The molecule has 1 atom stereocenters. The first-order valence-electron chi connectivity index (χ1n) is 8.78. The number of nitrogens with two attached hydrogens (primary N) is 1. The Morgan fingerprint density at radius 1 is 1.14 bits per heavy atom. The van der Waals surface area contributed by atoms with Crippen LogP contribution < -0.4 is 11.1 Å². The highest BCUT2D eigenvalue weighted by Gasteiger charge is 2.20. The molecule has 0 radical (unpaired) electrons. The molecule has 2 amide bonds. The molecule has 0 saturated heterocycles. The summed E-state index contributed by atoms with van der Waals surface area (Å²) in [7, 11) is 0. The molecular weight excluding hydrogens is 390 g/mol. The number of thioether (sulfide) groups is 1. The molecule has 2 aromatic heterocycles. The molecule has 0 aliphatic carbocycles. The Kier molecular flexibility index (Phi) is 5.05. The number of benzene rings is 2. The fourth-order valence-electron chi connectivity index (χ4n) is 2.78. The van der Waals surface area contributed by atoms with Crippen LogP contribution in [0.2, 0.25) is 0 Å². The van der Waals surface area contributed by atoms with Crippen molar-refractivity contribution in [2.45, 2.75) is 17.4 Å². The third-order valence-electron chi connectivity index (χ3n) is 4.31. The van der Waals surface area contributed by atoms with Crippen molar-refractivity contribution < 1.29 is 14.0 Å². The Morgan fingerprint density at radius 2 is 1.90 bits per heavy atom. The number of anilines is 1. The van der Waals surface area contributed by atoms with Gasteiger partial charge in [-0.05, 0) is 37.3 Å². The third-order valence-corrected chi connectivity index (χ3v) is 5.24. The summed E-state index contributed by atoms with van der Waals surface area (Å²) in [6, 6.07) is 14.2. The van der Waals surface area contributed by atoms with Gasteiger partial charge in [-0.25, -0.2) is 0 Å². The summed E-state index contributed by atoms with van der Waals surface area (Å²) in [5.41, 5.74) is 7.94. The van der Waals surface area contributed by atoms with E-state index in [2.05, 4.69) is 20.5 Å². The van der Waals surface area contributed by atoms with Gasteiger partial charge in [-0.2, -0.15) is 0 Å². The van der Waals surface area contributed by atoms with Gasteiger partial charge in [0.15, 0.2) is 0 Å². The zero-order valence-electron chi connectivity index (χ0n) is 15.4. The molecule has 4 rings (SSSR count). The molecule has 9 heteroatoms. The molecule has 0 unspecified atom stereocenters. The number of carbonyl (C=O) groups is 2. The number of nitrogens with one attached hydrogen (secondary N) is 2. The fourth-order valence-corrected chi connectivity index (χ4v) is 3.46. The summed E-state index contributed by atoms with van der Waals surface area (Å²) in [6.07, 6.45) is 1.82. The smallest absolute Gasteiger partial charge is 0.277 e. The lowest BCUT2D eigenvalue weighted by Gasteiger charge is -2.10. The number of rotatable bonds is 6. The van der Waals surface area contributed by atoms with Crippen molar-refractivity contribution in [1.29, 1.82) is 0 Å². The van der Waals surface area contributed by atoms with E-state index in [0.29, 0.717) is 22.4 Å². The Bertz CT molecular complexity index is 1180. The van der Waals surface area contributed by atoms with Crippen molar-refractivity contribution in [3.05, 3.63) is 60.3 Å². The number of carbonyl (C=O) groups excluding carboxylic acids is 2. The van der Waals surface area contributed by atoms with Gasteiger partial charge in [0.05, 0.1) is 10.8 Å². The first kappa shape index (κ1) is 18.8. The van der Waals surface area contributed by atoms with Gasteiger partial charge in [0.1, 0.15) is 0 Å². The van der Waals surface area contributed by atoms with Crippen LogP contribution in [0.1, 0.15) is 17.3 Å². The first-order chi connectivity index (χ1) is 14.0. The van der Waals surface area contributed by atoms with E-state index in [0.717, 1.165) is 16.5 Å². The van der Waals surface area contributed by atoms with Gasteiger partial charge in [-0.15, -0.1) is 10.2 Å². The van der Waals surface area contributed by atoms with E-state index in [1.807, 2.05) is 30.5 Å². The highest BCUT2D eigenvalue weighted by atomic mass is 32.2. The van der Waals surface area contributed by atoms with E-state index >= 15 is 0 Å². The Labute approximate surface area is 169 Å². The number of nitrogens with zero attached hydrogens (tertiary/aromatic N) is 2. The second-order valence-corrected chi connectivity index (χ2v) is 7.60. The monoisotopic (exact) mass is 407 g/mol. The van der Waals surface area contributed by atoms with Crippen LogP contribution in [0, 0.1) is 0 Å². The van der Waals surface area contributed by atoms with Crippen LogP contribution in [0.3, 0.4) is 0 Å². The predicted octanol–water partition coefficient (Wildman–Crippen LogP) is 3.44. The number of amides is 2. The quantitative estimate of drug-likeness (QED) is 0.420. The number of H-pyrrole nitrogens is 1. The van der Waals surface area contributed by atoms with Crippen molar-refractivity contribution in [2.75, 3.05) is 5.32 Å². The van der Waals surface area contributed by atoms with Gasteiger partial charge in [0.2, 0.25) is 11.8 Å². The Balaban J connectivity index is 1.42. The number of hydrogen-bond donors (Lipinski definition) is 3. The van der Waals surface area contributed by atoms with E-state index < -0.39 is 11.2 Å². The Hall–Kier alpha value is -3.59. The van der Waals surface area contributed by atoms with Gasteiger partial charge in [0, 0.05) is 28.4 Å². The van der Waals surface area contributed by atoms with Crippen LogP contribution in [-0.2, 0) is 4.79 Å². The lowest BCUT2D eigenvalue weighted by atomic mass is 10.2. The molecule has 4 aromatic rings. The second kappa shape index (κ2) is 7.80. The summed E-state index contributed by atoms with van der Waals surface area (Å²) in [4.78, 5) is 26.7. The SMILES string of the molecule is C[C@@H](Sc1nnc(-c2c[nH]c3ccccc23)o1)C(=O)Nc1ccc(C(N)=O)cc1. The average Bonchev–Trinajstić information content (AvgIpc) is 3.35. The van der Waals surface area contributed by atoms with Crippen molar-refractivity contribution in [2.24, 2.45) is 5.73 Å². The van der Waals surface area contributed by atoms with E-state index in [9.17, 15) is 9.59 Å². The maximum absolute atomic E-state index is 12.4. The molecule has 0 spiro atoms. The molecule has 0 aliphatic rings. The summed E-state index contributed by atoms with van der Waals surface area (Å²) < 4.78 is 5.74. The predicted molar refractivity (Wildman–Crippen MR) is 110 cm³/mol. The largest absolute Gasteiger partial charge is 0.411 e. The standard InChI is InChI=1S/C20H17N5O3S/c1-11(18(27)23-13-8-6-12(7-9-13)17(21)26)29-20-25-24-19(28-20)15-10-22-16-5-3-2-4-14(15)16/h2-11,22H,1H3,(H2,21,26)(H,23,27)/t11-/m1/s1. The number of aromatic amines is 1. The third kappa shape index (κ3) is 3.99. The van der Waals surface area contributed by atoms with E-state index in [1.165, 1.54) is 11.8 Å². The number of para-hydroxylation sites is 1. The van der Waals surface area contributed by atoms with Crippen molar-refractivity contribution in [3.8, 4) is 11.5 Å². The molecule has 146 valence electrons. The summed E-state index contributed by atoms with van der Waals surface area (Å²) >= 11 is 1.17. The number of aromatic nitrogens is 3. The average molecular weight is 407 g/mol. The molecule has 0 bridgehead atoms. The minimum atomic E-state index is -0.519. The lowest BCUT2D eigenvalue weighted by molar-refractivity contribution is -0.115. The summed E-state index contributed by atoms with van der Waals surface area (Å²) in [5.74, 6) is -0.359. The zero-order valence-corrected chi connectivity index (χ0v) is 16.2. The van der Waals surface area contributed by atoms with E-state index in [4.69, 9.17) is 10.2 Å². The Morgan fingerprint density at radius 3 is 2.66 bits per heavy atom. The molecule has 4 N–H and O–H groups in total. The molecular formula is C20H17N5O3S. The van der Waals surface area contributed by atoms with Gasteiger partial charge in [-0.1, -0.05) is 30.0 Å². The van der Waals surface area contributed by atoms with Crippen molar-refractivity contribution >= 4 is 40.2 Å². The number of hydrogen-bond acceptors (Lipinski definition) is 6. The van der Waals surface area contributed by atoms with E-state index in [1.54, 1.807) is 31.2 Å².